The lowest BCUT2D eigenvalue weighted by atomic mass is 10.0. The van der Waals surface area contributed by atoms with Gasteiger partial charge in [-0.2, -0.15) is 18.3 Å². The molecule has 4 heterocycles. The van der Waals surface area contributed by atoms with Gasteiger partial charge >= 0.3 is 12.1 Å². The third kappa shape index (κ3) is 6.23. The van der Waals surface area contributed by atoms with Crippen molar-refractivity contribution in [3.63, 3.8) is 0 Å². The molecule has 0 unspecified atom stereocenters. The summed E-state index contributed by atoms with van der Waals surface area (Å²) in [7, 11) is 2.02. The van der Waals surface area contributed by atoms with Crippen LogP contribution in [0.2, 0.25) is 0 Å². The van der Waals surface area contributed by atoms with E-state index in [1.807, 2.05) is 36.1 Å². The van der Waals surface area contributed by atoms with Crippen LogP contribution in [0.5, 0.6) is 0 Å². The Kier molecular flexibility index (Phi) is 7.36. The van der Waals surface area contributed by atoms with E-state index >= 15 is 0 Å². The summed E-state index contributed by atoms with van der Waals surface area (Å²) >= 11 is 0. The Morgan fingerprint density at radius 2 is 1.84 bits per heavy atom. The van der Waals surface area contributed by atoms with Crippen molar-refractivity contribution in [2.24, 2.45) is 7.05 Å². The summed E-state index contributed by atoms with van der Waals surface area (Å²) in [4.78, 5) is 24.1. The monoisotopic (exact) mass is 449 g/mol. The molecule has 2 N–H and O–H groups in total. The Hall–Kier alpha value is -3.54. The summed E-state index contributed by atoms with van der Waals surface area (Å²) in [6.07, 6.45) is 1.24. The maximum atomic E-state index is 10.6. The zero-order valence-electron chi connectivity index (χ0n) is 17.2. The van der Waals surface area contributed by atoms with Crippen LogP contribution in [0.3, 0.4) is 0 Å². The van der Waals surface area contributed by atoms with E-state index in [9.17, 15) is 13.2 Å². The number of hydrogen-bond acceptors (Lipinski definition) is 7. The largest absolute Gasteiger partial charge is 0.490 e. The topological polar surface area (TPSA) is 109 Å². The van der Waals surface area contributed by atoms with Crippen LogP contribution in [0.1, 0.15) is 22.6 Å². The van der Waals surface area contributed by atoms with Gasteiger partial charge in [0.05, 0.1) is 23.6 Å². The Bertz CT molecular complexity index is 1030. The van der Waals surface area contributed by atoms with Crippen molar-refractivity contribution in [1.29, 1.82) is 0 Å². The van der Waals surface area contributed by atoms with Gasteiger partial charge in [-0.1, -0.05) is 6.07 Å². The number of rotatable bonds is 5. The summed E-state index contributed by atoms with van der Waals surface area (Å²) < 4.78 is 33.7. The first-order valence-electron chi connectivity index (χ1n) is 9.71. The minimum atomic E-state index is -5.08. The quantitative estimate of drug-likeness (QED) is 0.611. The van der Waals surface area contributed by atoms with Crippen molar-refractivity contribution in [3.8, 4) is 0 Å². The molecule has 1 aliphatic heterocycles. The molecule has 3 aromatic rings. The maximum Gasteiger partial charge on any atom is 0.490 e. The number of carbonyl (C=O) groups is 1. The van der Waals surface area contributed by atoms with Gasteiger partial charge in [-0.3, -0.25) is 14.6 Å². The predicted octanol–water partition coefficient (Wildman–Crippen LogP) is 2.41. The predicted molar refractivity (Wildman–Crippen MR) is 108 cm³/mol. The fourth-order valence-corrected chi connectivity index (χ4v) is 3.26. The Morgan fingerprint density at radius 3 is 2.47 bits per heavy atom. The minimum absolute atomic E-state index is 0.634. The molecule has 0 aromatic carbocycles. The SMILES string of the molecule is Cn1nc(CNc2ncccn2)c2c1CN(Cc1ccccn1)CC2.O=C(O)C(F)(F)F. The first kappa shape index (κ1) is 23.1. The summed E-state index contributed by atoms with van der Waals surface area (Å²) in [5.41, 5.74) is 4.83. The number of halogens is 3. The van der Waals surface area contributed by atoms with Crippen LogP contribution in [0.4, 0.5) is 19.1 Å². The summed E-state index contributed by atoms with van der Waals surface area (Å²) in [5, 5.41) is 15.1. The van der Waals surface area contributed by atoms with E-state index in [1.165, 1.54) is 11.3 Å². The van der Waals surface area contributed by atoms with E-state index in [1.54, 1.807) is 12.4 Å². The van der Waals surface area contributed by atoms with Crippen LogP contribution in [0.15, 0.2) is 42.9 Å². The molecule has 0 spiro atoms. The number of nitrogens with one attached hydrogen (secondary N) is 1. The van der Waals surface area contributed by atoms with E-state index in [2.05, 4.69) is 31.2 Å². The average molecular weight is 449 g/mol. The summed E-state index contributed by atoms with van der Waals surface area (Å²) in [5.74, 6) is -2.12. The Morgan fingerprint density at radius 1 is 1.16 bits per heavy atom. The number of pyridine rings is 1. The zero-order chi connectivity index (χ0) is 23.1. The number of alkyl halides is 3. The fourth-order valence-electron chi connectivity index (χ4n) is 3.26. The van der Waals surface area contributed by atoms with E-state index < -0.39 is 12.1 Å². The van der Waals surface area contributed by atoms with Crippen LogP contribution < -0.4 is 5.32 Å². The Balaban J connectivity index is 0.000000360. The molecule has 0 amide bonds. The van der Waals surface area contributed by atoms with Crippen molar-refractivity contribution in [2.75, 3.05) is 11.9 Å². The number of nitrogens with zero attached hydrogens (tertiary/aromatic N) is 6. The van der Waals surface area contributed by atoms with Gasteiger partial charge in [0.25, 0.3) is 0 Å². The molecule has 3 aromatic heterocycles. The second kappa shape index (κ2) is 10.2. The maximum absolute atomic E-state index is 10.6. The lowest BCUT2D eigenvalue weighted by Crippen LogP contribution is -2.31. The van der Waals surface area contributed by atoms with Crippen LogP contribution in [-0.4, -0.2) is 53.4 Å². The highest BCUT2D eigenvalue weighted by Gasteiger charge is 2.38. The third-order valence-electron chi connectivity index (χ3n) is 4.74. The first-order chi connectivity index (χ1) is 15.2. The highest BCUT2D eigenvalue weighted by molar-refractivity contribution is 5.73. The minimum Gasteiger partial charge on any atom is -0.475 e. The van der Waals surface area contributed by atoms with Crippen LogP contribution >= 0.6 is 0 Å². The molecule has 0 atom stereocenters. The van der Waals surface area contributed by atoms with Crippen LogP contribution in [0, 0.1) is 0 Å². The number of fused-ring (bicyclic) bond motifs is 1. The molecule has 32 heavy (non-hydrogen) atoms. The summed E-state index contributed by atoms with van der Waals surface area (Å²) in [6, 6.07) is 7.88. The van der Waals surface area contributed by atoms with Gasteiger partial charge in [-0.15, -0.1) is 0 Å². The first-order valence-corrected chi connectivity index (χ1v) is 9.71. The molecule has 0 radical (unpaired) electrons. The van der Waals surface area contributed by atoms with Gasteiger partial charge < -0.3 is 10.4 Å². The van der Waals surface area contributed by atoms with Gasteiger partial charge in [0.1, 0.15) is 0 Å². The smallest absolute Gasteiger partial charge is 0.475 e. The zero-order valence-corrected chi connectivity index (χ0v) is 17.2. The molecule has 0 fully saturated rings. The van der Waals surface area contributed by atoms with Gasteiger partial charge in [0, 0.05) is 50.8 Å². The number of aryl methyl sites for hydroxylation is 1. The van der Waals surface area contributed by atoms with Crippen molar-refractivity contribution in [3.05, 3.63) is 65.5 Å². The van der Waals surface area contributed by atoms with Gasteiger partial charge in [0.15, 0.2) is 0 Å². The van der Waals surface area contributed by atoms with Crippen LogP contribution in [-0.2, 0) is 37.9 Å². The highest BCUT2D eigenvalue weighted by atomic mass is 19.4. The lowest BCUT2D eigenvalue weighted by molar-refractivity contribution is -0.192. The van der Waals surface area contributed by atoms with Crippen molar-refractivity contribution in [2.45, 2.75) is 32.2 Å². The molecule has 170 valence electrons. The number of aliphatic carboxylic acids is 1. The van der Waals surface area contributed by atoms with Gasteiger partial charge in [0.2, 0.25) is 5.95 Å². The number of carboxylic acid groups (broad SMARTS) is 1. The molecule has 0 bridgehead atoms. The lowest BCUT2D eigenvalue weighted by Gasteiger charge is -2.27. The van der Waals surface area contributed by atoms with E-state index in [-0.39, 0.29) is 0 Å². The molecular weight excluding hydrogens is 427 g/mol. The molecule has 1 aliphatic rings. The second-order valence-corrected chi connectivity index (χ2v) is 7.01. The van der Waals surface area contributed by atoms with Crippen molar-refractivity contribution < 1.29 is 23.1 Å². The second-order valence-electron chi connectivity index (χ2n) is 7.01. The fraction of sp³-hybridized carbons (Fsp3) is 0.350. The number of hydrogen-bond donors (Lipinski definition) is 2. The number of aromatic nitrogens is 5. The number of carboxylic acids is 1. The molecular formula is C20H22F3N7O2. The van der Waals surface area contributed by atoms with Crippen LogP contribution in [0.25, 0.3) is 0 Å². The summed E-state index contributed by atoms with van der Waals surface area (Å²) in [6.45, 7) is 3.44. The molecule has 0 saturated carbocycles. The average Bonchev–Trinajstić information content (AvgIpc) is 3.08. The molecule has 9 nitrogen and oxygen atoms in total. The van der Waals surface area contributed by atoms with E-state index in [0.29, 0.717) is 12.5 Å². The molecule has 4 rings (SSSR count). The van der Waals surface area contributed by atoms with E-state index in [0.717, 1.165) is 37.4 Å². The standard InChI is InChI=1S/C18H21N7.C2HF3O2/c1-24-17-13-25(12-14-5-2-3-7-19-14)10-6-15(17)16(23-24)11-22-18-20-8-4-9-21-18;3-2(4,5)1(6)7/h2-5,7-9H,6,10-13H2,1H3,(H,20,21,22);(H,6,7). The van der Waals surface area contributed by atoms with Gasteiger partial charge in [-0.25, -0.2) is 14.8 Å². The number of anilines is 1. The molecule has 0 aliphatic carbocycles. The highest BCUT2D eigenvalue weighted by Crippen LogP contribution is 2.23. The van der Waals surface area contributed by atoms with Gasteiger partial charge in [-0.05, 0) is 24.6 Å². The normalized spacial score (nSPS) is 13.6. The van der Waals surface area contributed by atoms with Crippen molar-refractivity contribution >= 4 is 11.9 Å². The van der Waals surface area contributed by atoms with E-state index in [4.69, 9.17) is 15.0 Å². The molecule has 0 saturated heterocycles. The van der Waals surface area contributed by atoms with Crippen molar-refractivity contribution in [1.82, 2.24) is 29.6 Å². The Labute approximate surface area is 181 Å². The molecule has 12 heteroatoms. The third-order valence-corrected chi connectivity index (χ3v) is 4.74.